The first kappa shape index (κ1) is 14.1. The summed E-state index contributed by atoms with van der Waals surface area (Å²) in [6.07, 6.45) is 3.79. The molecule has 20 heavy (non-hydrogen) atoms. The van der Waals surface area contributed by atoms with E-state index in [9.17, 15) is 0 Å². The highest BCUT2D eigenvalue weighted by atomic mass is 35.5. The normalized spacial score (nSPS) is 23.4. The molecule has 0 amide bonds. The van der Waals surface area contributed by atoms with Crippen LogP contribution < -0.4 is 10.6 Å². The number of fused-ring (bicyclic) bond motifs is 1. The summed E-state index contributed by atoms with van der Waals surface area (Å²) >= 11 is 11.5. The van der Waals surface area contributed by atoms with Crippen LogP contribution >= 0.6 is 23.8 Å². The van der Waals surface area contributed by atoms with Crippen LogP contribution in [0, 0.1) is 0 Å². The minimum atomic E-state index is 0.387. The molecule has 2 fully saturated rings. The predicted octanol–water partition coefficient (Wildman–Crippen LogP) is 2.65. The maximum atomic E-state index is 6.29. The second-order valence-electron chi connectivity index (χ2n) is 5.63. The zero-order chi connectivity index (χ0) is 14.1. The molecule has 1 atom stereocenters. The fraction of sp³-hybridized carbons (Fsp3) is 0.533. The molecule has 1 aromatic rings. The highest BCUT2D eigenvalue weighted by molar-refractivity contribution is 7.80. The zero-order valence-corrected chi connectivity index (χ0v) is 13.1. The van der Waals surface area contributed by atoms with Gasteiger partial charge in [0, 0.05) is 31.4 Å². The molecule has 0 saturated carbocycles. The van der Waals surface area contributed by atoms with Crippen molar-refractivity contribution in [2.75, 3.05) is 31.1 Å². The van der Waals surface area contributed by atoms with Crippen molar-refractivity contribution >= 4 is 34.5 Å². The van der Waals surface area contributed by atoms with Crippen LogP contribution in [0.4, 0.5) is 5.69 Å². The summed E-state index contributed by atoms with van der Waals surface area (Å²) in [5.41, 5.74) is 7.80. The Hall–Kier alpha value is -0.840. The van der Waals surface area contributed by atoms with Gasteiger partial charge in [-0.05, 0) is 37.9 Å². The van der Waals surface area contributed by atoms with Gasteiger partial charge in [0.1, 0.15) is 4.99 Å². The lowest BCUT2D eigenvalue weighted by molar-refractivity contribution is 0.273. The van der Waals surface area contributed by atoms with E-state index in [0.29, 0.717) is 16.1 Å². The van der Waals surface area contributed by atoms with Gasteiger partial charge in [-0.25, -0.2) is 0 Å². The third kappa shape index (κ3) is 2.65. The van der Waals surface area contributed by atoms with Crippen molar-refractivity contribution in [1.29, 1.82) is 0 Å². The van der Waals surface area contributed by atoms with Crippen molar-refractivity contribution in [1.82, 2.24) is 4.90 Å². The summed E-state index contributed by atoms with van der Waals surface area (Å²) < 4.78 is 0. The van der Waals surface area contributed by atoms with Gasteiger partial charge in [-0.1, -0.05) is 29.9 Å². The number of hydrogen-bond donors (Lipinski definition) is 1. The minimum Gasteiger partial charge on any atom is -0.389 e. The second-order valence-corrected chi connectivity index (χ2v) is 6.48. The quantitative estimate of drug-likeness (QED) is 0.851. The summed E-state index contributed by atoms with van der Waals surface area (Å²) in [6, 6.07) is 6.59. The van der Waals surface area contributed by atoms with E-state index in [1.54, 1.807) is 0 Å². The van der Waals surface area contributed by atoms with Gasteiger partial charge >= 0.3 is 0 Å². The molecule has 0 aliphatic carbocycles. The Morgan fingerprint density at radius 3 is 2.85 bits per heavy atom. The number of benzene rings is 1. The van der Waals surface area contributed by atoms with Crippen molar-refractivity contribution in [2.24, 2.45) is 5.73 Å². The SMILES string of the molecule is NC(=S)c1c(Cl)cccc1N1CCCN2CCCC2C1. The Balaban J connectivity index is 1.92. The number of halogens is 1. The van der Waals surface area contributed by atoms with Gasteiger partial charge in [-0.3, -0.25) is 4.90 Å². The second kappa shape index (κ2) is 5.88. The van der Waals surface area contributed by atoms with E-state index in [4.69, 9.17) is 29.6 Å². The number of nitrogens with two attached hydrogens (primary N) is 1. The Morgan fingerprint density at radius 1 is 1.25 bits per heavy atom. The van der Waals surface area contributed by atoms with Gasteiger partial charge in [-0.15, -0.1) is 0 Å². The molecule has 0 aromatic heterocycles. The lowest BCUT2D eigenvalue weighted by Crippen LogP contribution is -2.37. The average molecular weight is 310 g/mol. The first-order chi connectivity index (χ1) is 9.66. The van der Waals surface area contributed by atoms with Crippen LogP contribution in [0.5, 0.6) is 0 Å². The van der Waals surface area contributed by atoms with Gasteiger partial charge in [-0.2, -0.15) is 0 Å². The van der Waals surface area contributed by atoms with Gasteiger partial charge in [0.15, 0.2) is 0 Å². The number of anilines is 1. The molecule has 2 N–H and O–H groups in total. The summed E-state index contributed by atoms with van der Waals surface area (Å²) in [4.78, 5) is 5.42. The van der Waals surface area contributed by atoms with Crippen molar-refractivity contribution in [3.63, 3.8) is 0 Å². The van der Waals surface area contributed by atoms with Crippen molar-refractivity contribution in [2.45, 2.75) is 25.3 Å². The molecule has 0 bridgehead atoms. The van der Waals surface area contributed by atoms with Crippen LogP contribution in [0.15, 0.2) is 18.2 Å². The van der Waals surface area contributed by atoms with E-state index >= 15 is 0 Å². The lowest BCUT2D eigenvalue weighted by Gasteiger charge is -2.29. The number of nitrogens with zero attached hydrogens (tertiary/aromatic N) is 2. The molecule has 108 valence electrons. The summed E-state index contributed by atoms with van der Waals surface area (Å²) in [7, 11) is 0. The molecule has 2 heterocycles. The Kier molecular flexibility index (Phi) is 4.15. The third-order valence-corrected chi connectivity index (χ3v) is 4.90. The molecule has 0 radical (unpaired) electrons. The number of hydrogen-bond acceptors (Lipinski definition) is 3. The van der Waals surface area contributed by atoms with E-state index in [1.807, 2.05) is 12.1 Å². The average Bonchev–Trinajstić information content (AvgIpc) is 2.75. The van der Waals surface area contributed by atoms with Gasteiger partial charge in [0.05, 0.1) is 10.6 Å². The Morgan fingerprint density at radius 2 is 2.05 bits per heavy atom. The van der Waals surface area contributed by atoms with Crippen LogP contribution in [0.2, 0.25) is 5.02 Å². The highest BCUT2D eigenvalue weighted by Crippen LogP contribution is 2.30. The van der Waals surface area contributed by atoms with Crippen LogP contribution in [-0.2, 0) is 0 Å². The summed E-state index contributed by atoms with van der Waals surface area (Å²) in [6.45, 7) is 4.54. The van der Waals surface area contributed by atoms with Gasteiger partial charge < -0.3 is 10.6 Å². The monoisotopic (exact) mass is 309 g/mol. The van der Waals surface area contributed by atoms with E-state index in [1.165, 1.54) is 32.4 Å². The zero-order valence-electron chi connectivity index (χ0n) is 11.5. The number of rotatable bonds is 2. The fourth-order valence-electron chi connectivity index (χ4n) is 3.45. The smallest absolute Gasteiger partial charge is 0.107 e. The topological polar surface area (TPSA) is 32.5 Å². The Labute approximate surface area is 130 Å². The largest absolute Gasteiger partial charge is 0.389 e. The van der Waals surface area contributed by atoms with E-state index < -0.39 is 0 Å². The summed E-state index contributed by atoms with van der Waals surface area (Å²) in [5.74, 6) is 0. The lowest BCUT2D eigenvalue weighted by atomic mass is 10.1. The molecule has 3 nitrogen and oxygen atoms in total. The van der Waals surface area contributed by atoms with E-state index in [0.717, 1.165) is 24.3 Å². The van der Waals surface area contributed by atoms with E-state index in [-0.39, 0.29) is 0 Å². The van der Waals surface area contributed by atoms with Crippen LogP contribution in [0.1, 0.15) is 24.8 Å². The molecule has 2 saturated heterocycles. The fourth-order valence-corrected chi connectivity index (χ4v) is 3.99. The molecule has 3 rings (SSSR count). The van der Waals surface area contributed by atoms with E-state index in [2.05, 4.69) is 15.9 Å². The van der Waals surface area contributed by atoms with Crippen molar-refractivity contribution in [3.05, 3.63) is 28.8 Å². The van der Waals surface area contributed by atoms with Crippen molar-refractivity contribution in [3.8, 4) is 0 Å². The van der Waals surface area contributed by atoms with Crippen LogP contribution in [0.25, 0.3) is 0 Å². The maximum Gasteiger partial charge on any atom is 0.107 e. The van der Waals surface area contributed by atoms with Gasteiger partial charge in [0.25, 0.3) is 0 Å². The predicted molar refractivity (Wildman–Crippen MR) is 88.8 cm³/mol. The van der Waals surface area contributed by atoms with Crippen molar-refractivity contribution < 1.29 is 0 Å². The molecular formula is C15H20ClN3S. The highest BCUT2D eigenvalue weighted by Gasteiger charge is 2.29. The first-order valence-corrected chi connectivity index (χ1v) is 8.03. The third-order valence-electron chi connectivity index (χ3n) is 4.38. The molecule has 2 aliphatic heterocycles. The van der Waals surface area contributed by atoms with Crippen LogP contribution in [0.3, 0.4) is 0 Å². The number of thiocarbonyl (C=S) groups is 1. The maximum absolute atomic E-state index is 6.29. The molecule has 1 aromatic carbocycles. The Bertz CT molecular complexity index is 520. The van der Waals surface area contributed by atoms with Crippen LogP contribution in [-0.4, -0.2) is 42.1 Å². The molecular weight excluding hydrogens is 290 g/mol. The first-order valence-electron chi connectivity index (χ1n) is 7.24. The molecule has 1 unspecified atom stereocenters. The molecule has 0 spiro atoms. The molecule has 5 heteroatoms. The minimum absolute atomic E-state index is 0.387. The summed E-state index contributed by atoms with van der Waals surface area (Å²) in [5, 5.41) is 0.655. The molecule has 2 aliphatic rings. The van der Waals surface area contributed by atoms with Gasteiger partial charge in [0.2, 0.25) is 0 Å². The standard InChI is InChI=1S/C15H20ClN3S/c16-12-5-1-6-13(14(12)15(17)20)19-9-3-8-18-7-2-4-11(18)10-19/h1,5-6,11H,2-4,7-10H2,(H2,17,20).